The number of nitrogens with one attached hydrogen (secondary N) is 1. The number of urea groups is 1. The van der Waals surface area contributed by atoms with Gasteiger partial charge in [0, 0.05) is 13.1 Å². The second-order valence-electron chi connectivity index (χ2n) is 7.22. The van der Waals surface area contributed by atoms with Crippen LogP contribution in [0.3, 0.4) is 0 Å². The second-order valence-corrected chi connectivity index (χ2v) is 7.22. The Morgan fingerprint density at radius 3 is 2.57 bits per heavy atom. The van der Waals surface area contributed by atoms with E-state index >= 15 is 0 Å². The molecule has 0 aliphatic carbocycles. The van der Waals surface area contributed by atoms with E-state index in [4.69, 9.17) is 9.47 Å². The van der Waals surface area contributed by atoms with E-state index in [1.54, 1.807) is 11.0 Å². The van der Waals surface area contributed by atoms with Crippen molar-refractivity contribution < 1.29 is 18.7 Å². The van der Waals surface area contributed by atoms with Gasteiger partial charge in [0.1, 0.15) is 19.0 Å². The summed E-state index contributed by atoms with van der Waals surface area (Å²) in [6, 6.07) is 11.7. The van der Waals surface area contributed by atoms with Crippen LogP contribution < -0.4 is 14.8 Å². The third kappa shape index (κ3) is 4.74. The Labute approximate surface area is 165 Å². The van der Waals surface area contributed by atoms with E-state index in [9.17, 15) is 9.18 Å². The number of carbonyl (C=O) groups is 1. The zero-order chi connectivity index (χ0) is 20.1. The molecule has 2 aromatic carbocycles. The van der Waals surface area contributed by atoms with Crippen LogP contribution in [0, 0.1) is 11.7 Å². The van der Waals surface area contributed by atoms with Crippen molar-refractivity contribution in [3.05, 3.63) is 59.4 Å². The van der Waals surface area contributed by atoms with Crippen LogP contribution in [0.25, 0.3) is 0 Å². The molecule has 3 rings (SSSR count). The van der Waals surface area contributed by atoms with Gasteiger partial charge in [0.05, 0.1) is 6.04 Å². The van der Waals surface area contributed by atoms with Gasteiger partial charge in [-0.05, 0) is 48.2 Å². The Morgan fingerprint density at radius 2 is 1.89 bits per heavy atom. The lowest BCUT2D eigenvalue weighted by molar-refractivity contribution is 0.171. The van der Waals surface area contributed by atoms with Gasteiger partial charge in [-0.3, -0.25) is 0 Å². The van der Waals surface area contributed by atoms with Gasteiger partial charge in [-0.15, -0.1) is 0 Å². The minimum Gasteiger partial charge on any atom is -0.486 e. The van der Waals surface area contributed by atoms with E-state index in [1.807, 2.05) is 31.2 Å². The van der Waals surface area contributed by atoms with E-state index in [2.05, 4.69) is 19.2 Å². The molecule has 0 saturated heterocycles. The maximum atomic E-state index is 13.5. The van der Waals surface area contributed by atoms with E-state index in [0.717, 1.165) is 16.9 Å². The number of rotatable bonds is 6. The molecule has 0 bridgehead atoms. The predicted molar refractivity (Wildman–Crippen MR) is 106 cm³/mol. The number of hydrogen-bond acceptors (Lipinski definition) is 3. The third-order valence-electron chi connectivity index (χ3n) is 4.80. The molecule has 0 unspecified atom stereocenters. The minimum absolute atomic E-state index is 0.176. The zero-order valence-corrected chi connectivity index (χ0v) is 16.6. The number of ether oxygens (including phenoxy) is 2. The molecular weight excluding hydrogens is 359 g/mol. The first-order valence-electron chi connectivity index (χ1n) is 9.67. The lowest BCUT2D eigenvalue weighted by atomic mass is 9.95. The summed E-state index contributed by atoms with van der Waals surface area (Å²) >= 11 is 0. The van der Waals surface area contributed by atoms with Crippen LogP contribution in [0.2, 0.25) is 0 Å². The molecule has 0 spiro atoms. The Balaban J connectivity index is 1.74. The number of hydrogen-bond donors (Lipinski definition) is 1. The van der Waals surface area contributed by atoms with Crippen molar-refractivity contribution in [1.82, 2.24) is 10.2 Å². The number of carbonyl (C=O) groups excluding carboxylic acids is 1. The van der Waals surface area contributed by atoms with E-state index in [1.165, 1.54) is 12.1 Å². The van der Waals surface area contributed by atoms with Gasteiger partial charge in [0.15, 0.2) is 11.5 Å². The van der Waals surface area contributed by atoms with Crippen LogP contribution in [0.15, 0.2) is 42.5 Å². The van der Waals surface area contributed by atoms with Crippen molar-refractivity contribution in [1.29, 1.82) is 0 Å². The summed E-state index contributed by atoms with van der Waals surface area (Å²) in [7, 11) is 0. The van der Waals surface area contributed by atoms with Gasteiger partial charge in [-0.2, -0.15) is 0 Å². The summed E-state index contributed by atoms with van der Waals surface area (Å²) in [5, 5.41) is 3.12. The Bertz CT molecular complexity index is 825. The van der Waals surface area contributed by atoms with Crippen molar-refractivity contribution in [3.8, 4) is 11.5 Å². The smallest absolute Gasteiger partial charge is 0.318 e. The van der Waals surface area contributed by atoms with Gasteiger partial charge in [-0.1, -0.05) is 32.0 Å². The number of benzene rings is 2. The first kappa shape index (κ1) is 20.0. The zero-order valence-electron chi connectivity index (χ0n) is 16.6. The molecule has 0 aromatic heterocycles. The fourth-order valence-electron chi connectivity index (χ4n) is 3.30. The van der Waals surface area contributed by atoms with Crippen molar-refractivity contribution in [2.75, 3.05) is 19.8 Å². The van der Waals surface area contributed by atoms with Crippen LogP contribution in [0.4, 0.5) is 9.18 Å². The molecule has 0 fully saturated rings. The Kier molecular flexibility index (Phi) is 6.39. The lowest BCUT2D eigenvalue weighted by Crippen LogP contribution is -2.42. The summed E-state index contributed by atoms with van der Waals surface area (Å²) < 4.78 is 24.7. The topological polar surface area (TPSA) is 50.8 Å². The fourth-order valence-corrected chi connectivity index (χ4v) is 3.30. The summed E-state index contributed by atoms with van der Waals surface area (Å²) in [5.41, 5.74) is 1.73. The van der Waals surface area contributed by atoms with Gasteiger partial charge in [0.2, 0.25) is 0 Å². The molecular formula is C22H27FN2O3. The van der Waals surface area contributed by atoms with Crippen LogP contribution in [0.1, 0.15) is 37.9 Å². The number of amides is 2. The number of halogens is 1. The Morgan fingerprint density at radius 1 is 1.14 bits per heavy atom. The molecule has 1 atom stereocenters. The van der Waals surface area contributed by atoms with Crippen molar-refractivity contribution >= 4 is 6.03 Å². The standard InChI is InChI=1S/C22H27FN2O3/c1-4-25(14-16-6-5-7-18(23)12-16)22(26)24-21(15(2)3)17-8-9-19-20(13-17)28-11-10-27-19/h5-9,12-13,15,21H,4,10-11,14H2,1-3H3,(H,24,26)/t21-/m0/s1. The van der Waals surface area contributed by atoms with Gasteiger partial charge >= 0.3 is 6.03 Å². The summed E-state index contributed by atoms with van der Waals surface area (Å²) in [6.45, 7) is 7.97. The predicted octanol–water partition coefficient (Wildman–Crippen LogP) is 4.53. The molecule has 5 nitrogen and oxygen atoms in total. The summed E-state index contributed by atoms with van der Waals surface area (Å²) in [5.74, 6) is 1.31. The van der Waals surface area contributed by atoms with Gasteiger partial charge in [0.25, 0.3) is 0 Å². The quantitative estimate of drug-likeness (QED) is 0.794. The molecule has 0 radical (unpaired) electrons. The first-order valence-corrected chi connectivity index (χ1v) is 9.67. The highest BCUT2D eigenvalue weighted by molar-refractivity contribution is 5.74. The molecule has 1 heterocycles. The maximum absolute atomic E-state index is 13.5. The number of nitrogens with zero attached hydrogens (tertiary/aromatic N) is 1. The van der Waals surface area contributed by atoms with Crippen molar-refractivity contribution in [3.63, 3.8) is 0 Å². The lowest BCUT2D eigenvalue weighted by Gasteiger charge is -2.29. The largest absolute Gasteiger partial charge is 0.486 e. The highest BCUT2D eigenvalue weighted by Gasteiger charge is 2.23. The highest BCUT2D eigenvalue weighted by atomic mass is 19.1. The minimum atomic E-state index is -0.301. The van der Waals surface area contributed by atoms with E-state index < -0.39 is 0 Å². The van der Waals surface area contributed by atoms with E-state index in [0.29, 0.717) is 32.1 Å². The third-order valence-corrected chi connectivity index (χ3v) is 4.80. The van der Waals surface area contributed by atoms with Crippen molar-refractivity contribution in [2.24, 2.45) is 5.92 Å². The van der Waals surface area contributed by atoms with Crippen LogP contribution >= 0.6 is 0 Å². The monoisotopic (exact) mass is 386 g/mol. The first-order chi connectivity index (χ1) is 13.5. The molecule has 1 aliphatic heterocycles. The molecule has 150 valence electrons. The fraction of sp³-hybridized carbons (Fsp3) is 0.409. The van der Waals surface area contributed by atoms with Crippen LogP contribution in [-0.4, -0.2) is 30.7 Å². The summed E-state index contributed by atoms with van der Waals surface area (Å²) in [4.78, 5) is 14.6. The number of fused-ring (bicyclic) bond motifs is 1. The molecule has 28 heavy (non-hydrogen) atoms. The SMILES string of the molecule is CCN(Cc1cccc(F)c1)C(=O)N[C@H](c1ccc2c(c1)OCCO2)C(C)C. The Hall–Kier alpha value is -2.76. The summed E-state index contributed by atoms with van der Waals surface area (Å²) in [6.07, 6.45) is 0. The average molecular weight is 386 g/mol. The molecule has 0 saturated carbocycles. The molecule has 2 amide bonds. The normalized spacial score (nSPS) is 13.9. The van der Waals surface area contributed by atoms with Crippen LogP contribution in [0.5, 0.6) is 11.5 Å². The maximum Gasteiger partial charge on any atom is 0.318 e. The van der Waals surface area contributed by atoms with Crippen LogP contribution in [-0.2, 0) is 6.54 Å². The molecule has 1 aliphatic rings. The van der Waals surface area contributed by atoms with Gasteiger partial charge in [-0.25, -0.2) is 9.18 Å². The van der Waals surface area contributed by atoms with Crippen molar-refractivity contribution in [2.45, 2.75) is 33.4 Å². The molecule has 1 N–H and O–H groups in total. The molecule has 6 heteroatoms. The second kappa shape index (κ2) is 8.95. The van der Waals surface area contributed by atoms with Gasteiger partial charge < -0.3 is 19.7 Å². The molecule has 2 aromatic rings. The highest BCUT2D eigenvalue weighted by Crippen LogP contribution is 2.34. The van der Waals surface area contributed by atoms with E-state index in [-0.39, 0.29) is 23.8 Å². The average Bonchev–Trinajstić information content (AvgIpc) is 2.69.